The Morgan fingerprint density at radius 2 is 1.85 bits per heavy atom. The zero-order chi connectivity index (χ0) is 15.0. The number of carbonyl (C=O) groups excluding carboxylic acids is 1. The van der Waals surface area contributed by atoms with Crippen molar-refractivity contribution in [3.05, 3.63) is 0 Å². The van der Waals surface area contributed by atoms with Crippen molar-refractivity contribution in [3.8, 4) is 0 Å². The van der Waals surface area contributed by atoms with Crippen molar-refractivity contribution in [1.29, 1.82) is 0 Å². The molecule has 1 unspecified atom stereocenters. The van der Waals surface area contributed by atoms with Crippen LogP contribution in [0.2, 0.25) is 0 Å². The second kappa shape index (κ2) is 5.35. The molecule has 0 spiro atoms. The first kappa shape index (κ1) is 15.3. The Morgan fingerprint density at radius 1 is 1.30 bits per heavy atom. The van der Waals surface area contributed by atoms with E-state index in [2.05, 4.69) is 12.2 Å². The molecule has 2 rings (SSSR count). The molecule has 0 aromatic rings. The number of carboxylic acids is 1. The summed E-state index contributed by atoms with van der Waals surface area (Å²) in [6, 6.07) is 0. The van der Waals surface area contributed by atoms with Crippen LogP contribution in [0, 0.1) is 17.3 Å². The summed E-state index contributed by atoms with van der Waals surface area (Å²) in [6.07, 6.45) is 5.23. The first-order valence-electron chi connectivity index (χ1n) is 7.60. The third-order valence-corrected chi connectivity index (χ3v) is 5.32. The van der Waals surface area contributed by atoms with Crippen LogP contribution in [0.5, 0.6) is 0 Å². The van der Waals surface area contributed by atoms with Gasteiger partial charge in [0.05, 0.1) is 5.41 Å². The van der Waals surface area contributed by atoms with E-state index in [4.69, 9.17) is 5.73 Å². The van der Waals surface area contributed by atoms with Crippen molar-refractivity contribution in [2.24, 2.45) is 23.0 Å². The van der Waals surface area contributed by atoms with E-state index in [1.54, 1.807) is 6.92 Å². The second-order valence-corrected chi connectivity index (χ2v) is 6.90. The van der Waals surface area contributed by atoms with Crippen LogP contribution in [0.15, 0.2) is 0 Å². The average molecular weight is 282 g/mol. The molecular formula is C15H26N2O3. The van der Waals surface area contributed by atoms with Crippen molar-refractivity contribution in [2.75, 3.05) is 6.54 Å². The van der Waals surface area contributed by atoms with Gasteiger partial charge in [-0.25, -0.2) is 4.79 Å². The fraction of sp³-hybridized carbons (Fsp3) is 0.867. The fourth-order valence-corrected chi connectivity index (χ4v) is 3.20. The minimum absolute atomic E-state index is 0.0567. The van der Waals surface area contributed by atoms with Crippen LogP contribution in [0.3, 0.4) is 0 Å². The van der Waals surface area contributed by atoms with Crippen molar-refractivity contribution >= 4 is 11.9 Å². The molecule has 2 saturated carbocycles. The molecule has 5 nitrogen and oxygen atoms in total. The number of carboxylic acid groups (broad SMARTS) is 1. The summed E-state index contributed by atoms with van der Waals surface area (Å²) in [5.74, 6) is -0.425. The zero-order valence-corrected chi connectivity index (χ0v) is 12.4. The zero-order valence-electron chi connectivity index (χ0n) is 12.4. The van der Waals surface area contributed by atoms with Crippen LogP contribution in [0.25, 0.3) is 0 Å². The Bertz CT molecular complexity index is 398. The van der Waals surface area contributed by atoms with Gasteiger partial charge in [0.25, 0.3) is 0 Å². The Balaban J connectivity index is 2.11. The number of nitrogens with two attached hydrogens (primary N) is 1. The quantitative estimate of drug-likeness (QED) is 0.712. The molecule has 0 bridgehead atoms. The summed E-state index contributed by atoms with van der Waals surface area (Å²) in [5, 5.41) is 12.3. The summed E-state index contributed by atoms with van der Waals surface area (Å²) in [4.78, 5) is 24.2. The minimum Gasteiger partial charge on any atom is -0.480 e. The molecule has 1 atom stereocenters. The summed E-state index contributed by atoms with van der Waals surface area (Å²) < 4.78 is 0. The fourth-order valence-electron chi connectivity index (χ4n) is 3.20. The van der Waals surface area contributed by atoms with Gasteiger partial charge in [-0.3, -0.25) is 4.79 Å². The van der Waals surface area contributed by atoms with E-state index in [-0.39, 0.29) is 11.8 Å². The van der Waals surface area contributed by atoms with Gasteiger partial charge >= 0.3 is 5.97 Å². The molecule has 0 aliphatic heterocycles. The van der Waals surface area contributed by atoms with Crippen LogP contribution in [-0.4, -0.2) is 29.1 Å². The first-order chi connectivity index (χ1) is 9.34. The minimum atomic E-state index is -1.14. The van der Waals surface area contributed by atoms with E-state index in [9.17, 15) is 14.7 Å². The van der Waals surface area contributed by atoms with E-state index >= 15 is 0 Å². The van der Waals surface area contributed by atoms with Crippen molar-refractivity contribution < 1.29 is 14.7 Å². The van der Waals surface area contributed by atoms with Crippen LogP contribution in [-0.2, 0) is 9.59 Å². The van der Waals surface area contributed by atoms with Crippen molar-refractivity contribution in [1.82, 2.24) is 5.32 Å². The molecule has 4 N–H and O–H groups in total. The third kappa shape index (κ3) is 2.68. The first-order valence-corrected chi connectivity index (χ1v) is 7.60. The predicted octanol–water partition coefficient (Wildman–Crippen LogP) is 1.51. The molecule has 0 radical (unpaired) electrons. The molecule has 2 aliphatic carbocycles. The van der Waals surface area contributed by atoms with E-state index in [1.807, 2.05) is 0 Å². The van der Waals surface area contributed by atoms with Crippen LogP contribution in [0.4, 0.5) is 0 Å². The maximum Gasteiger partial charge on any atom is 0.329 e. The molecular weight excluding hydrogens is 256 g/mol. The van der Waals surface area contributed by atoms with Crippen LogP contribution >= 0.6 is 0 Å². The number of rotatable bonds is 5. The monoisotopic (exact) mass is 282 g/mol. The summed E-state index contributed by atoms with van der Waals surface area (Å²) in [6.45, 7) is 4.11. The summed E-state index contributed by atoms with van der Waals surface area (Å²) in [5.41, 5.74) is 4.16. The highest BCUT2D eigenvalue weighted by atomic mass is 16.4. The molecule has 114 valence electrons. The van der Waals surface area contributed by atoms with Gasteiger partial charge in [-0.15, -0.1) is 0 Å². The summed E-state index contributed by atoms with van der Waals surface area (Å²) in [7, 11) is 0. The maximum absolute atomic E-state index is 12.7. The lowest BCUT2D eigenvalue weighted by molar-refractivity contribution is -0.150. The van der Waals surface area contributed by atoms with Crippen LogP contribution in [0.1, 0.15) is 52.4 Å². The topological polar surface area (TPSA) is 92.4 Å². The van der Waals surface area contributed by atoms with Gasteiger partial charge in [-0.2, -0.15) is 0 Å². The molecule has 20 heavy (non-hydrogen) atoms. The molecule has 2 aliphatic rings. The predicted molar refractivity (Wildman–Crippen MR) is 76.0 cm³/mol. The number of hydrogen-bond donors (Lipinski definition) is 3. The Hall–Kier alpha value is -1.10. The van der Waals surface area contributed by atoms with E-state index in [0.717, 1.165) is 38.5 Å². The largest absolute Gasteiger partial charge is 0.480 e. The Morgan fingerprint density at radius 3 is 2.25 bits per heavy atom. The highest BCUT2D eigenvalue weighted by Crippen LogP contribution is 2.42. The summed E-state index contributed by atoms with van der Waals surface area (Å²) >= 11 is 0. The van der Waals surface area contributed by atoms with Gasteiger partial charge in [-0.05, 0) is 57.3 Å². The number of nitrogens with one attached hydrogen (secondary N) is 1. The second-order valence-electron chi connectivity index (χ2n) is 6.90. The number of aliphatic carboxylic acids is 1. The number of carbonyl (C=O) groups is 2. The standard InChI is InChI=1S/C15H26N2O3/c1-10-5-7-15(9-16,8-6-10)12(18)17-14(2,13(19)20)11-3-4-11/h10-11H,3-9,16H2,1-2H3,(H,17,18)(H,19,20). The number of amides is 1. The van der Waals surface area contributed by atoms with Gasteiger partial charge in [0.2, 0.25) is 5.91 Å². The smallest absolute Gasteiger partial charge is 0.329 e. The van der Waals surface area contributed by atoms with Gasteiger partial charge in [0.1, 0.15) is 5.54 Å². The lowest BCUT2D eigenvalue weighted by Gasteiger charge is -2.39. The van der Waals surface area contributed by atoms with Gasteiger partial charge in [-0.1, -0.05) is 6.92 Å². The van der Waals surface area contributed by atoms with Gasteiger partial charge in [0.15, 0.2) is 0 Å². The average Bonchev–Trinajstić information content (AvgIpc) is 3.24. The van der Waals surface area contributed by atoms with Crippen molar-refractivity contribution in [3.63, 3.8) is 0 Å². The molecule has 0 aromatic heterocycles. The highest BCUT2D eigenvalue weighted by Gasteiger charge is 2.51. The third-order valence-electron chi connectivity index (χ3n) is 5.32. The highest BCUT2D eigenvalue weighted by molar-refractivity contribution is 5.90. The maximum atomic E-state index is 12.7. The SMILES string of the molecule is CC1CCC(CN)(C(=O)NC(C)(C(=O)O)C2CC2)CC1. The van der Waals surface area contributed by atoms with Crippen molar-refractivity contribution in [2.45, 2.75) is 57.9 Å². The molecule has 2 fully saturated rings. The van der Waals surface area contributed by atoms with E-state index < -0.39 is 16.9 Å². The molecule has 1 amide bonds. The Labute approximate surface area is 120 Å². The molecule has 0 aromatic carbocycles. The lowest BCUT2D eigenvalue weighted by Crippen LogP contribution is -2.59. The van der Waals surface area contributed by atoms with E-state index in [1.165, 1.54) is 0 Å². The molecule has 0 saturated heterocycles. The Kier molecular flexibility index (Phi) is 4.09. The van der Waals surface area contributed by atoms with Gasteiger partial charge in [0, 0.05) is 6.54 Å². The lowest BCUT2D eigenvalue weighted by atomic mass is 9.70. The van der Waals surface area contributed by atoms with Crippen LogP contribution < -0.4 is 11.1 Å². The normalized spacial score (nSPS) is 33.2. The van der Waals surface area contributed by atoms with E-state index in [0.29, 0.717) is 12.5 Å². The molecule has 5 heteroatoms. The molecule has 0 heterocycles. The van der Waals surface area contributed by atoms with Gasteiger partial charge < -0.3 is 16.2 Å². The number of hydrogen-bond acceptors (Lipinski definition) is 3.